The molecule has 0 unspecified atom stereocenters. The first-order valence-electron chi connectivity index (χ1n) is 12.7. The van der Waals surface area contributed by atoms with Crippen molar-refractivity contribution in [3.63, 3.8) is 0 Å². The highest BCUT2D eigenvalue weighted by Crippen LogP contribution is 2.19. The Hall–Kier alpha value is -3.31. The van der Waals surface area contributed by atoms with Gasteiger partial charge in [-0.25, -0.2) is 0 Å². The minimum absolute atomic E-state index is 0.0776. The maximum atomic E-state index is 13.7. The average molecular weight is 521 g/mol. The third-order valence-electron chi connectivity index (χ3n) is 5.82. The molecule has 0 aliphatic rings. The lowest BCUT2D eigenvalue weighted by atomic mass is 10.00. The predicted octanol–water partition coefficient (Wildman–Crippen LogP) is 6.36. The third kappa shape index (κ3) is 9.58. The predicted molar refractivity (Wildman–Crippen MR) is 150 cm³/mol. The number of ether oxygens (including phenoxy) is 1. The zero-order valence-corrected chi connectivity index (χ0v) is 22.9. The molecule has 0 heterocycles. The van der Waals surface area contributed by atoms with Crippen LogP contribution in [0.5, 0.6) is 5.75 Å². The summed E-state index contributed by atoms with van der Waals surface area (Å²) in [5.41, 5.74) is 2.69. The van der Waals surface area contributed by atoms with E-state index in [0.29, 0.717) is 36.8 Å². The van der Waals surface area contributed by atoms with E-state index in [1.54, 1.807) is 29.2 Å². The van der Waals surface area contributed by atoms with Crippen molar-refractivity contribution in [2.45, 2.75) is 65.1 Å². The van der Waals surface area contributed by atoms with Gasteiger partial charge in [0.2, 0.25) is 11.8 Å². The summed E-state index contributed by atoms with van der Waals surface area (Å²) < 4.78 is 5.79. The molecule has 0 aromatic heterocycles. The van der Waals surface area contributed by atoms with Gasteiger partial charge in [0.15, 0.2) is 0 Å². The quantitative estimate of drug-likeness (QED) is 0.299. The average Bonchev–Trinajstić information content (AvgIpc) is 2.84. The Morgan fingerprint density at radius 3 is 2.27 bits per heavy atom. The van der Waals surface area contributed by atoms with Gasteiger partial charge in [-0.2, -0.15) is 0 Å². The first-order chi connectivity index (χ1) is 17.6. The maximum Gasteiger partial charge on any atom is 0.243 e. The van der Waals surface area contributed by atoms with E-state index >= 15 is 0 Å². The van der Waals surface area contributed by atoms with Crippen molar-refractivity contribution in [1.82, 2.24) is 10.2 Å². The van der Waals surface area contributed by atoms with Crippen molar-refractivity contribution < 1.29 is 14.3 Å². The second kappa shape index (κ2) is 13.3. The van der Waals surface area contributed by atoms with Gasteiger partial charge in [0, 0.05) is 29.9 Å². The van der Waals surface area contributed by atoms with Crippen LogP contribution in [-0.2, 0) is 22.6 Å². The molecule has 0 aliphatic heterocycles. The van der Waals surface area contributed by atoms with Crippen molar-refractivity contribution in [2.75, 3.05) is 6.61 Å². The summed E-state index contributed by atoms with van der Waals surface area (Å²) in [6.07, 6.45) is 1.24. The summed E-state index contributed by atoms with van der Waals surface area (Å²) in [6, 6.07) is 24.4. The second-order valence-corrected chi connectivity index (χ2v) is 10.8. The van der Waals surface area contributed by atoms with Crippen LogP contribution in [0.2, 0.25) is 5.02 Å². The number of nitrogens with one attached hydrogen (secondary N) is 1. The van der Waals surface area contributed by atoms with Crippen LogP contribution < -0.4 is 10.1 Å². The summed E-state index contributed by atoms with van der Waals surface area (Å²) in [5.74, 6) is 0.473. The van der Waals surface area contributed by atoms with Gasteiger partial charge in [0.25, 0.3) is 0 Å². The molecular formula is C31H37ClN2O3. The minimum atomic E-state index is -0.646. The molecule has 0 radical (unpaired) electrons. The normalized spacial score (nSPS) is 12.0. The second-order valence-electron chi connectivity index (χ2n) is 10.4. The highest BCUT2D eigenvalue weighted by atomic mass is 35.5. The van der Waals surface area contributed by atoms with Gasteiger partial charge in [-0.15, -0.1) is 0 Å². The van der Waals surface area contributed by atoms with Crippen molar-refractivity contribution in [2.24, 2.45) is 0 Å². The van der Waals surface area contributed by atoms with Gasteiger partial charge in [-0.05, 0) is 69.5 Å². The first kappa shape index (κ1) is 28.3. The largest absolute Gasteiger partial charge is 0.494 e. The highest BCUT2D eigenvalue weighted by molar-refractivity contribution is 6.30. The van der Waals surface area contributed by atoms with Crippen molar-refractivity contribution >= 4 is 23.4 Å². The molecule has 2 amide bonds. The van der Waals surface area contributed by atoms with E-state index in [9.17, 15) is 9.59 Å². The highest BCUT2D eigenvalue weighted by Gasteiger charge is 2.32. The fourth-order valence-electron chi connectivity index (χ4n) is 4.10. The van der Waals surface area contributed by atoms with Crippen LogP contribution in [0.4, 0.5) is 0 Å². The fourth-order valence-corrected chi connectivity index (χ4v) is 4.23. The Morgan fingerprint density at radius 1 is 0.946 bits per heavy atom. The molecule has 0 spiro atoms. The van der Waals surface area contributed by atoms with Gasteiger partial charge in [0.1, 0.15) is 11.8 Å². The Labute approximate surface area is 225 Å². The molecular weight excluding hydrogens is 484 g/mol. The summed E-state index contributed by atoms with van der Waals surface area (Å²) >= 11 is 5.94. The Morgan fingerprint density at radius 2 is 1.62 bits per heavy atom. The van der Waals surface area contributed by atoms with Crippen LogP contribution in [0, 0.1) is 6.92 Å². The smallest absolute Gasteiger partial charge is 0.243 e. The molecule has 196 valence electrons. The van der Waals surface area contributed by atoms with Crippen LogP contribution in [0.25, 0.3) is 0 Å². The van der Waals surface area contributed by atoms with Gasteiger partial charge in [-0.1, -0.05) is 71.8 Å². The molecule has 0 saturated heterocycles. The Balaban J connectivity index is 1.81. The number of hydrogen-bond donors (Lipinski definition) is 1. The van der Waals surface area contributed by atoms with E-state index in [1.807, 2.05) is 76.2 Å². The summed E-state index contributed by atoms with van der Waals surface area (Å²) in [4.78, 5) is 29.0. The Bertz CT molecular complexity index is 1160. The maximum absolute atomic E-state index is 13.7. The minimum Gasteiger partial charge on any atom is -0.494 e. The lowest BCUT2D eigenvalue weighted by Crippen LogP contribution is -2.54. The molecule has 0 saturated carbocycles. The molecule has 1 N–H and O–H groups in total. The van der Waals surface area contributed by atoms with Crippen molar-refractivity contribution in [3.8, 4) is 5.75 Å². The van der Waals surface area contributed by atoms with Gasteiger partial charge >= 0.3 is 0 Å². The standard InChI is InChI=1S/C31H37ClN2O3/c1-23-10-8-13-25(20-23)22-34(29(35)14-9-19-37-27-17-15-26(32)16-18-27)28(30(36)33-31(2,3)4)21-24-11-6-5-7-12-24/h5-8,10-13,15-18,20,28H,9,14,19,21-22H2,1-4H3,(H,33,36)/t28-/m1/s1. The molecule has 6 heteroatoms. The van der Waals surface area contributed by atoms with Crippen LogP contribution >= 0.6 is 11.6 Å². The molecule has 3 aromatic rings. The summed E-state index contributed by atoms with van der Waals surface area (Å²) in [7, 11) is 0. The first-order valence-corrected chi connectivity index (χ1v) is 13.1. The third-order valence-corrected chi connectivity index (χ3v) is 6.07. The van der Waals surface area contributed by atoms with E-state index < -0.39 is 11.6 Å². The number of carbonyl (C=O) groups excluding carboxylic acids is 2. The van der Waals surface area contributed by atoms with Crippen LogP contribution in [0.3, 0.4) is 0 Å². The molecule has 3 rings (SSSR count). The van der Waals surface area contributed by atoms with Gasteiger partial charge in [-0.3, -0.25) is 9.59 Å². The molecule has 0 fully saturated rings. The fraction of sp³-hybridized carbons (Fsp3) is 0.355. The number of amides is 2. The van der Waals surface area contributed by atoms with E-state index in [4.69, 9.17) is 16.3 Å². The lowest BCUT2D eigenvalue weighted by molar-refractivity contribution is -0.142. The number of rotatable bonds is 11. The van der Waals surface area contributed by atoms with E-state index in [0.717, 1.165) is 16.7 Å². The monoisotopic (exact) mass is 520 g/mol. The van der Waals surface area contributed by atoms with Crippen molar-refractivity contribution in [1.29, 1.82) is 0 Å². The summed E-state index contributed by atoms with van der Waals surface area (Å²) in [6.45, 7) is 8.62. The summed E-state index contributed by atoms with van der Waals surface area (Å²) in [5, 5.41) is 3.74. The number of carbonyl (C=O) groups is 2. The molecule has 3 aromatic carbocycles. The van der Waals surface area contributed by atoms with Crippen LogP contribution in [0.15, 0.2) is 78.9 Å². The topological polar surface area (TPSA) is 58.6 Å². The molecule has 1 atom stereocenters. The van der Waals surface area contributed by atoms with Crippen LogP contribution in [-0.4, -0.2) is 34.9 Å². The molecule has 5 nitrogen and oxygen atoms in total. The van der Waals surface area contributed by atoms with E-state index in [1.165, 1.54) is 0 Å². The zero-order chi connectivity index (χ0) is 26.8. The van der Waals surface area contributed by atoms with Gasteiger partial charge in [0.05, 0.1) is 6.61 Å². The number of nitrogens with zero attached hydrogens (tertiary/aromatic N) is 1. The number of aryl methyl sites for hydroxylation is 1. The van der Waals surface area contributed by atoms with Gasteiger partial charge < -0.3 is 15.0 Å². The lowest BCUT2D eigenvalue weighted by Gasteiger charge is -2.34. The molecule has 0 bridgehead atoms. The number of hydrogen-bond acceptors (Lipinski definition) is 3. The SMILES string of the molecule is Cc1cccc(CN(C(=O)CCCOc2ccc(Cl)cc2)[C@H](Cc2ccccc2)C(=O)NC(C)(C)C)c1. The van der Waals surface area contributed by atoms with Crippen LogP contribution in [0.1, 0.15) is 50.3 Å². The van der Waals surface area contributed by atoms with E-state index in [2.05, 4.69) is 11.4 Å². The van der Waals surface area contributed by atoms with Crippen molar-refractivity contribution in [3.05, 3.63) is 101 Å². The Kier molecular flexibility index (Phi) is 10.2. The van der Waals surface area contributed by atoms with E-state index in [-0.39, 0.29) is 18.2 Å². The zero-order valence-electron chi connectivity index (χ0n) is 22.2. The molecule has 37 heavy (non-hydrogen) atoms. The number of benzene rings is 3. The number of halogens is 1. The molecule has 0 aliphatic carbocycles.